The average molecular weight is 524 g/mol. The molecule has 198 valence electrons. The number of fused-ring (bicyclic) bond motifs is 1. The number of H-pyrrole nitrogens is 1. The summed E-state index contributed by atoms with van der Waals surface area (Å²) in [6.45, 7) is 4.16. The van der Waals surface area contributed by atoms with Crippen molar-refractivity contribution in [3.05, 3.63) is 101 Å². The molecule has 1 aliphatic rings. The van der Waals surface area contributed by atoms with Crippen LogP contribution in [0, 0.1) is 6.92 Å². The molecular weight excluding hydrogens is 494 g/mol. The van der Waals surface area contributed by atoms with Crippen LogP contribution in [0.5, 0.6) is 0 Å². The lowest BCUT2D eigenvalue weighted by Gasteiger charge is -2.28. The average Bonchev–Trinajstić information content (AvgIpc) is 3.49. The number of benzene rings is 3. The van der Waals surface area contributed by atoms with Crippen molar-refractivity contribution in [2.24, 2.45) is 0 Å². The van der Waals surface area contributed by atoms with E-state index in [-0.39, 0.29) is 25.5 Å². The van der Waals surface area contributed by atoms with Crippen molar-refractivity contribution in [3.8, 4) is 0 Å². The third kappa shape index (κ3) is 5.18. The highest BCUT2D eigenvalue weighted by Gasteiger charge is 2.44. The number of aryl methyl sites for hydroxylation is 1. The summed E-state index contributed by atoms with van der Waals surface area (Å²) in [5, 5.41) is 1.05. The molecule has 0 spiro atoms. The minimum Gasteiger partial charge on any atom is -0.462 e. The van der Waals surface area contributed by atoms with Crippen LogP contribution in [0.3, 0.4) is 0 Å². The monoisotopic (exact) mass is 523 g/mol. The van der Waals surface area contributed by atoms with Gasteiger partial charge in [0.25, 0.3) is 11.8 Å². The number of rotatable bonds is 8. The lowest BCUT2D eigenvalue weighted by molar-refractivity contribution is -0.122. The van der Waals surface area contributed by atoms with Crippen LogP contribution in [0.1, 0.15) is 45.2 Å². The molecule has 0 aliphatic carbocycles. The van der Waals surface area contributed by atoms with E-state index in [0.29, 0.717) is 23.2 Å². The Morgan fingerprint density at radius 2 is 1.67 bits per heavy atom. The number of hydrogen-bond donors (Lipinski definition) is 1. The Bertz CT molecular complexity index is 1540. The molecule has 5 rings (SSSR count). The van der Waals surface area contributed by atoms with Crippen molar-refractivity contribution in [2.45, 2.75) is 32.7 Å². The summed E-state index contributed by atoms with van der Waals surface area (Å²) < 4.78 is 5.01. The predicted octanol–water partition coefficient (Wildman–Crippen LogP) is 4.67. The normalized spacial score (nSPS) is 15.1. The van der Waals surface area contributed by atoms with Crippen LogP contribution < -0.4 is 4.90 Å². The number of para-hydroxylation sites is 1. The number of imide groups is 1. The fourth-order valence-corrected chi connectivity index (χ4v) is 4.93. The number of hydrogen-bond acceptors (Lipinski definition) is 5. The molecule has 0 radical (unpaired) electrons. The van der Waals surface area contributed by atoms with Crippen LogP contribution >= 0.6 is 0 Å². The van der Waals surface area contributed by atoms with Gasteiger partial charge in [-0.15, -0.1) is 0 Å². The van der Waals surface area contributed by atoms with E-state index in [1.54, 1.807) is 31.2 Å². The fraction of sp³-hybridized carbons (Fsp3) is 0.226. The molecule has 0 bridgehead atoms. The van der Waals surface area contributed by atoms with Gasteiger partial charge in [-0.2, -0.15) is 0 Å². The molecule has 1 aromatic heterocycles. The molecule has 1 unspecified atom stereocenters. The summed E-state index contributed by atoms with van der Waals surface area (Å²) in [6, 6.07) is 20.3. The van der Waals surface area contributed by atoms with E-state index in [4.69, 9.17) is 4.74 Å². The Morgan fingerprint density at radius 1 is 0.974 bits per heavy atom. The number of aromatic nitrogens is 1. The third-order valence-corrected chi connectivity index (χ3v) is 6.99. The lowest BCUT2D eigenvalue weighted by Crippen LogP contribution is -2.46. The van der Waals surface area contributed by atoms with Gasteiger partial charge >= 0.3 is 5.97 Å². The quantitative estimate of drug-likeness (QED) is 0.267. The van der Waals surface area contributed by atoms with Crippen molar-refractivity contribution in [2.75, 3.05) is 18.1 Å². The van der Waals surface area contributed by atoms with Gasteiger partial charge in [0, 0.05) is 29.2 Å². The number of aromatic amines is 1. The van der Waals surface area contributed by atoms with Crippen LogP contribution in [0.2, 0.25) is 0 Å². The highest BCUT2D eigenvalue weighted by atomic mass is 16.5. The maximum absolute atomic E-state index is 13.7. The number of anilines is 1. The fourth-order valence-electron chi connectivity index (χ4n) is 4.93. The van der Waals surface area contributed by atoms with E-state index in [0.717, 1.165) is 26.9 Å². The molecule has 0 saturated carbocycles. The SMILES string of the molecule is CCOC(=O)c1ccc(N2C(=O)CC(N(CCc3c[nH]c4ccccc34)C(=O)c3ccc(C)cc3)C2=O)cc1. The van der Waals surface area contributed by atoms with Crippen molar-refractivity contribution in [1.29, 1.82) is 0 Å². The van der Waals surface area contributed by atoms with Crippen LogP contribution in [-0.4, -0.2) is 52.8 Å². The lowest BCUT2D eigenvalue weighted by atomic mass is 10.1. The predicted molar refractivity (Wildman–Crippen MR) is 148 cm³/mol. The molecule has 3 amide bonds. The van der Waals surface area contributed by atoms with E-state index >= 15 is 0 Å². The van der Waals surface area contributed by atoms with Crippen molar-refractivity contribution < 1.29 is 23.9 Å². The Kier molecular flexibility index (Phi) is 7.27. The smallest absolute Gasteiger partial charge is 0.338 e. The minimum atomic E-state index is -0.943. The zero-order valence-corrected chi connectivity index (χ0v) is 21.8. The molecule has 8 nitrogen and oxygen atoms in total. The highest BCUT2D eigenvalue weighted by molar-refractivity contribution is 6.23. The Hall–Kier alpha value is -4.72. The molecule has 1 N–H and O–H groups in total. The van der Waals surface area contributed by atoms with Gasteiger partial charge in [-0.1, -0.05) is 35.9 Å². The summed E-state index contributed by atoms with van der Waals surface area (Å²) in [5.74, 6) is -1.65. The van der Waals surface area contributed by atoms with Gasteiger partial charge in [0.05, 0.1) is 24.3 Å². The molecular formula is C31H29N3O5. The standard InChI is InChI=1S/C31H29N3O5/c1-3-39-31(38)22-12-14-24(15-13-22)34-28(35)18-27(30(34)37)33(29(36)21-10-8-20(2)9-11-21)17-16-23-19-32-26-7-5-4-6-25(23)26/h4-15,19,27,32H,3,16-18H2,1-2H3. The number of nitrogens with zero attached hydrogens (tertiary/aromatic N) is 2. The second-order valence-corrected chi connectivity index (χ2v) is 9.53. The summed E-state index contributed by atoms with van der Waals surface area (Å²) in [7, 11) is 0. The molecule has 1 aliphatic heterocycles. The van der Waals surface area contributed by atoms with E-state index in [9.17, 15) is 19.2 Å². The Morgan fingerprint density at radius 3 is 2.38 bits per heavy atom. The van der Waals surface area contributed by atoms with E-state index in [1.807, 2.05) is 49.5 Å². The number of carbonyl (C=O) groups is 4. The van der Waals surface area contributed by atoms with Gasteiger partial charge in [-0.25, -0.2) is 9.69 Å². The van der Waals surface area contributed by atoms with Gasteiger partial charge in [0.15, 0.2) is 0 Å². The van der Waals surface area contributed by atoms with Crippen LogP contribution in [0.25, 0.3) is 10.9 Å². The number of amides is 3. The number of nitrogens with one attached hydrogen (secondary N) is 1. The third-order valence-electron chi connectivity index (χ3n) is 6.99. The van der Waals surface area contributed by atoms with Gasteiger partial charge in [-0.05, 0) is 68.3 Å². The summed E-state index contributed by atoms with van der Waals surface area (Å²) >= 11 is 0. The first-order valence-corrected chi connectivity index (χ1v) is 12.9. The van der Waals surface area contributed by atoms with Crippen LogP contribution in [0.15, 0.2) is 79.0 Å². The van der Waals surface area contributed by atoms with Crippen LogP contribution in [-0.2, 0) is 20.7 Å². The first-order valence-electron chi connectivity index (χ1n) is 12.9. The molecule has 1 saturated heterocycles. The number of ether oxygens (including phenoxy) is 1. The Balaban J connectivity index is 1.42. The molecule has 1 fully saturated rings. The van der Waals surface area contributed by atoms with Crippen LogP contribution in [0.4, 0.5) is 5.69 Å². The molecule has 1 atom stereocenters. The molecule has 3 aromatic carbocycles. The number of carbonyl (C=O) groups excluding carboxylic acids is 4. The first-order chi connectivity index (χ1) is 18.9. The molecule has 4 aromatic rings. The zero-order valence-electron chi connectivity index (χ0n) is 21.8. The summed E-state index contributed by atoms with van der Waals surface area (Å²) in [5.41, 5.74) is 4.16. The molecule has 2 heterocycles. The highest BCUT2D eigenvalue weighted by Crippen LogP contribution is 2.28. The molecule has 39 heavy (non-hydrogen) atoms. The van der Waals surface area contributed by atoms with Crippen molar-refractivity contribution in [1.82, 2.24) is 9.88 Å². The van der Waals surface area contributed by atoms with Crippen molar-refractivity contribution >= 4 is 40.3 Å². The topological polar surface area (TPSA) is 99.8 Å². The second kappa shape index (κ2) is 10.9. The second-order valence-electron chi connectivity index (χ2n) is 9.53. The van der Waals surface area contributed by atoms with Gasteiger partial charge < -0.3 is 14.6 Å². The number of esters is 1. The first kappa shape index (κ1) is 25.9. The minimum absolute atomic E-state index is 0.121. The maximum atomic E-state index is 13.7. The maximum Gasteiger partial charge on any atom is 0.338 e. The van der Waals surface area contributed by atoms with Gasteiger partial charge in [0.1, 0.15) is 6.04 Å². The largest absolute Gasteiger partial charge is 0.462 e. The van der Waals surface area contributed by atoms with E-state index in [2.05, 4.69) is 4.98 Å². The van der Waals surface area contributed by atoms with E-state index < -0.39 is 23.8 Å². The van der Waals surface area contributed by atoms with Gasteiger partial charge in [-0.3, -0.25) is 14.4 Å². The zero-order chi connectivity index (χ0) is 27.5. The molecule has 8 heteroatoms. The van der Waals surface area contributed by atoms with Crippen molar-refractivity contribution in [3.63, 3.8) is 0 Å². The summed E-state index contributed by atoms with van der Waals surface area (Å²) in [4.78, 5) is 58.4. The summed E-state index contributed by atoms with van der Waals surface area (Å²) in [6.07, 6.45) is 2.30. The van der Waals surface area contributed by atoms with E-state index in [1.165, 1.54) is 17.0 Å². The van der Waals surface area contributed by atoms with Gasteiger partial charge in [0.2, 0.25) is 5.91 Å². The Labute approximate surface area is 226 Å².